The predicted octanol–water partition coefficient (Wildman–Crippen LogP) is 3.08. The summed E-state index contributed by atoms with van der Waals surface area (Å²) >= 11 is 5.57. The molecular formula is C9H6ClF2N. The molecule has 1 aromatic carbocycles. The second-order valence-electron chi connectivity index (χ2n) is 2.57. The topological polar surface area (TPSA) is 23.8 Å². The lowest BCUT2D eigenvalue weighted by Crippen LogP contribution is -1.97. The summed E-state index contributed by atoms with van der Waals surface area (Å²) in [6.45, 7) is 1.39. The van der Waals surface area contributed by atoms with Gasteiger partial charge in [0.25, 0.3) is 0 Å². The van der Waals surface area contributed by atoms with E-state index in [2.05, 4.69) is 0 Å². The lowest BCUT2D eigenvalue weighted by Gasteiger charge is -2.06. The summed E-state index contributed by atoms with van der Waals surface area (Å²) in [6.07, 6.45) is 0. The van der Waals surface area contributed by atoms with Gasteiger partial charge in [0, 0.05) is 0 Å². The third-order valence-electron chi connectivity index (χ3n) is 1.77. The van der Waals surface area contributed by atoms with Crippen molar-refractivity contribution in [1.82, 2.24) is 0 Å². The van der Waals surface area contributed by atoms with Crippen molar-refractivity contribution >= 4 is 11.6 Å². The van der Waals surface area contributed by atoms with E-state index in [1.165, 1.54) is 13.0 Å². The molecule has 0 amide bonds. The highest BCUT2D eigenvalue weighted by molar-refractivity contribution is 6.22. The zero-order valence-corrected chi connectivity index (χ0v) is 7.57. The molecule has 1 aromatic rings. The molecule has 4 heteroatoms. The van der Waals surface area contributed by atoms with Crippen LogP contribution in [0, 0.1) is 29.9 Å². The Labute approximate surface area is 79.6 Å². The van der Waals surface area contributed by atoms with E-state index in [9.17, 15) is 8.78 Å². The molecule has 1 unspecified atom stereocenters. The van der Waals surface area contributed by atoms with Crippen LogP contribution >= 0.6 is 11.6 Å². The highest BCUT2D eigenvalue weighted by Crippen LogP contribution is 2.25. The minimum Gasteiger partial charge on any atom is -0.204 e. The number of hydrogen-bond donors (Lipinski definition) is 0. The fourth-order valence-corrected chi connectivity index (χ4v) is 1.25. The second-order valence-corrected chi connectivity index (χ2v) is 3.00. The summed E-state index contributed by atoms with van der Waals surface area (Å²) in [4.78, 5) is 0. The lowest BCUT2D eigenvalue weighted by atomic mass is 10.1. The van der Waals surface area contributed by atoms with Gasteiger partial charge in [-0.2, -0.15) is 5.26 Å². The zero-order valence-electron chi connectivity index (χ0n) is 6.81. The van der Waals surface area contributed by atoms with Crippen LogP contribution in [0.2, 0.25) is 0 Å². The Morgan fingerprint density at radius 1 is 1.46 bits per heavy atom. The number of halogens is 3. The summed E-state index contributed by atoms with van der Waals surface area (Å²) in [5.74, 6) is -1.87. The van der Waals surface area contributed by atoms with Crippen molar-refractivity contribution in [2.24, 2.45) is 0 Å². The van der Waals surface area contributed by atoms with E-state index in [0.29, 0.717) is 5.56 Å². The number of nitrogens with zero attached hydrogens (tertiary/aromatic N) is 1. The Morgan fingerprint density at radius 3 is 2.62 bits per heavy atom. The maximum Gasteiger partial charge on any atom is 0.162 e. The number of rotatable bonds is 1. The van der Waals surface area contributed by atoms with Crippen LogP contribution in [0.3, 0.4) is 0 Å². The molecule has 0 aliphatic carbocycles. The third-order valence-corrected chi connectivity index (χ3v) is 2.10. The van der Waals surface area contributed by atoms with Crippen molar-refractivity contribution in [3.05, 3.63) is 34.9 Å². The van der Waals surface area contributed by atoms with Gasteiger partial charge in [-0.3, -0.25) is 0 Å². The Balaban J connectivity index is 3.28. The van der Waals surface area contributed by atoms with E-state index >= 15 is 0 Å². The summed E-state index contributed by atoms with van der Waals surface area (Å²) < 4.78 is 25.6. The van der Waals surface area contributed by atoms with Crippen LogP contribution < -0.4 is 0 Å². The fourth-order valence-electron chi connectivity index (χ4n) is 1.01. The molecule has 1 atom stereocenters. The highest BCUT2D eigenvalue weighted by atomic mass is 35.5. The molecule has 0 saturated heterocycles. The van der Waals surface area contributed by atoms with Gasteiger partial charge in [0.2, 0.25) is 0 Å². The Bertz CT molecular complexity index is 371. The van der Waals surface area contributed by atoms with Crippen molar-refractivity contribution in [2.75, 3.05) is 0 Å². The van der Waals surface area contributed by atoms with Crippen LogP contribution in [0.15, 0.2) is 12.1 Å². The molecule has 68 valence electrons. The van der Waals surface area contributed by atoms with Gasteiger partial charge in [-0.25, -0.2) is 8.78 Å². The fraction of sp³-hybridized carbons (Fsp3) is 0.222. The first kappa shape index (κ1) is 9.94. The molecular weight excluding hydrogens is 196 g/mol. The van der Waals surface area contributed by atoms with Crippen LogP contribution in [-0.2, 0) is 0 Å². The highest BCUT2D eigenvalue weighted by Gasteiger charge is 2.14. The lowest BCUT2D eigenvalue weighted by molar-refractivity contribution is 0.501. The van der Waals surface area contributed by atoms with Crippen molar-refractivity contribution < 1.29 is 8.78 Å². The van der Waals surface area contributed by atoms with Crippen LogP contribution in [0.5, 0.6) is 0 Å². The molecule has 0 fully saturated rings. The first-order valence-corrected chi connectivity index (χ1v) is 3.99. The van der Waals surface area contributed by atoms with Gasteiger partial charge < -0.3 is 0 Å². The molecule has 0 N–H and O–H groups in total. The first-order chi connectivity index (χ1) is 6.07. The number of nitriles is 1. The summed E-state index contributed by atoms with van der Waals surface area (Å²) in [7, 11) is 0. The molecule has 0 aromatic heterocycles. The van der Waals surface area contributed by atoms with Gasteiger partial charge in [0.05, 0.1) is 6.07 Å². The molecule has 0 radical (unpaired) electrons. The Hall–Kier alpha value is -1.14. The molecule has 0 heterocycles. The summed E-state index contributed by atoms with van der Waals surface area (Å²) in [5, 5.41) is 7.54. The van der Waals surface area contributed by atoms with Gasteiger partial charge >= 0.3 is 0 Å². The van der Waals surface area contributed by atoms with Gasteiger partial charge in [-0.05, 0) is 24.1 Å². The van der Waals surface area contributed by atoms with E-state index < -0.39 is 17.0 Å². The number of benzene rings is 1. The molecule has 13 heavy (non-hydrogen) atoms. The first-order valence-electron chi connectivity index (χ1n) is 3.56. The normalized spacial score (nSPS) is 12.2. The van der Waals surface area contributed by atoms with Gasteiger partial charge in [-0.15, -0.1) is 11.6 Å². The van der Waals surface area contributed by atoms with Crippen molar-refractivity contribution in [3.63, 3.8) is 0 Å². The van der Waals surface area contributed by atoms with E-state index in [1.54, 1.807) is 6.07 Å². The molecule has 1 rings (SSSR count). The second kappa shape index (κ2) is 3.71. The SMILES string of the molecule is Cc1c(C(Cl)C#N)ccc(F)c1F. The smallest absolute Gasteiger partial charge is 0.162 e. The molecule has 0 bridgehead atoms. The van der Waals surface area contributed by atoms with Gasteiger partial charge in [0.15, 0.2) is 11.6 Å². The molecule has 0 aliphatic heterocycles. The van der Waals surface area contributed by atoms with Crippen molar-refractivity contribution in [1.29, 1.82) is 5.26 Å². The van der Waals surface area contributed by atoms with Crippen LogP contribution in [0.4, 0.5) is 8.78 Å². The van der Waals surface area contributed by atoms with Crippen molar-refractivity contribution in [2.45, 2.75) is 12.3 Å². The van der Waals surface area contributed by atoms with Crippen LogP contribution in [-0.4, -0.2) is 0 Å². The van der Waals surface area contributed by atoms with E-state index in [-0.39, 0.29) is 5.56 Å². The van der Waals surface area contributed by atoms with Crippen LogP contribution in [0.25, 0.3) is 0 Å². The Kier molecular flexibility index (Phi) is 2.84. The summed E-state index contributed by atoms with van der Waals surface area (Å²) in [6, 6.07) is 4.02. The van der Waals surface area contributed by atoms with E-state index in [1.807, 2.05) is 0 Å². The molecule has 0 saturated carbocycles. The standard InChI is InChI=1S/C9H6ClF2N/c1-5-6(7(10)4-13)2-3-8(11)9(5)12/h2-3,7H,1H3. The minimum atomic E-state index is -0.946. The maximum absolute atomic E-state index is 12.9. The third kappa shape index (κ3) is 1.78. The maximum atomic E-state index is 12.9. The van der Waals surface area contributed by atoms with E-state index in [4.69, 9.17) is 16.9 Å². The summed E-state index contributed by atoms with van der Waals surface area (Å²) in [5.41, 5.74) is 0.393. The minimum absolute atomic E-state index is 0.0848. The quantitative estimate of drug-likeness (QED) is 0.641. The zero-order chi connectivity index (χ0) is 10.0. The van der Waals surface area contributed by atoms with Gasteiger partial charge in [0.1, 0.15) is 5.38 Å². The van der Waals surface area contributed by atoms with Crippen molar-refractivity contribution in [3.8, 4) is 6.07 Å². The van der Waals surface area contributed by atoms with E-state index in [0.717, 1.165) is 6.07 Å². The molecule has 0 aliphatic rings. The molecule has 1 nitrogen and oxygen atoms in total. The largest absolute Gasteiger partial charge is 0.204 e. The Morgan fingerprint density at radius 2 is 2.08 bits per heavy atom. The number of alkyl halides is 1. The molecule has 0 spiro atoms. The average molecular weight is 202 g/mol. The number of hydrogen-bond acceptors (Lipinski definition) is 1. The average Bonchev–Trinajstić information content (AvgIpc) is 2.13. The monoisotopic (exact) mass is 201 g/mol. The van der Waals surface area contributed by atoms with Crippen LogP contribution in [0.1, 0.15) is 16.5 Å². The van der Waals surface area contributed by atoms with Gasteiger partial charge in [-0.1, -0.05) is 6.07 Å². The predicted molar refractivity (Wildman–Crippen MR) is 45.3 cm³/mol.